The molecule has 1 aromatic carbocycles. The van der Waals surface area contributed by atoms with E-state index < -0.39 is 6.10 Å². The summed E-state index contributed by atoms with van der Waals surface area (Å²) in [6, 6.07) is 7.43. The van der Waals surface area contributed by atoms with Gasteiger partial charge in [-0.25, -0.2) is 0 Å². The van der Waals surface area contributed by atoms with Gasteiger partial charge in [-0.15, -0.1) is 0 Å². The van der Waals surface area contributed by atoms with Crippen LogP contribution in [-0.4, -0.2) is 33.8 Å². The molecule has 2 heterocycles. The molecule has 0 aromatic heterocycles. The highest BCUT2D eigenvalue weighted by Crippen LogP contribution is 2.49. The lowest BCUT2D eigenvalue weighted by Crippen LogP contribution is -2.58. The maximum absolute atomic E-state index is 11.9. The molecule has 0 saturated carbocycles. The average molecular weight is 290 g/mol. The van der Waals surface area contributed by atoms with Crippen molar-refractivity contribution in [1.29, 1.82) is 0 Å². The first-order valence-electron chi connectivity index (χ1n) is 6.31. The number of aliphatic hydroxyl groups excluding tert-OH is 1. The Morgan fingerprint density at radius 1 is 1.40 bits per heavy atom. The number of nitrogens with one attached hydrogen (secondary N) is 1. The Morgan fingerprint density at radius 3 is 2.70 bits per heavy atom. The molecule has 2 amide bonds. The van der Waals surface area contributed by atoms with Gasteiger partial charge in [0.1, 0.15) is 5.37 Å². The molecule has 5 nitrogen and oxygen atoms in total. The highest BCUT2D eigenvalue weighted by molar-refractivity contribution is 8.09. The zero-order valence-corrected chi connectivity index (χ0v) is 11.6. The summed E-state index contributed by atoms with van der Waals surface area (Å²) in [5, 5.41) is 12.2. The van der Waals surface area contributed by atoms with Crippen LogP contribution < -0.4 is 5.32 Å². The van der Waals surface area contributed by atoms with Gasteiger partial charge in [-0.1, -0.05) is 23.9 Å². The van der Waals surface area contributed by atoms with Gasteiger partial charge in [0.05, 0.1) is 12.0 Å². The molecule has 0 aliphatic carbocycles. The summed E-state index contributed by atoms with van der Waals surface area (Å²) in [5.41, 5.74) is 1.73. The third kappa shape index (κ3) is 2.01. The number of rotatable bonds is 4. The van der Waals surface area contributed by atoms with Gasteiger partial charge >= 0.3 is 0 Å². The van der Waals surface area contributed by atoms with Gasteiger partial charge in [-0.3, -0.25) is 9.59 Å². The molecule has 0 spiro atoms. The molecule has 2 aliphatic rings. The van der Waals surface area contributed by atoms with Crippen LogP contribution in [0.1, 0.15) is 12.5 Å². The molecule has 104 valence electrons. The van der Waals surface area contributed by atoms with Gasteiger partial charge in [-0.2, -0.15) is 0 Å². The van der Waals surface area contributed by atoms with Crippen LogP contribution in [0.2, 0.25) is 0 Å². The van der Waals surface area contributed by atoms with E-state index in [-0.39, 0.29) is 17.2 Å². The first-order chi connectivity index (χ1) is 9.61. The number of fused-ring (bicyclic) bond motifs is 1. The Hall–Kier alpha value is -1.79. The van der Waals surface area contributed by atoms with Gasteiger partial charge in [0.2, 0.25) is 12.3 Å². The first-order valence-corrected chi connectivity index (χ1v) is 7.19. The van der Waals surface area contributed by atoms with Crippen molar-refractivity contribution < 1.29 is 14.7 Å². The highest BCUT2D eigenvalue weighted by atomic mass is 32.2. The van der Waals surface area contributed by atoms with Crippen molar-refractivity contribution in [3.05, 3.63) is 36.0 Å². The molecule has 20 heavy (non-hydrogen) atoms. The summed E-state index contributed by atoms with van der Waals surface area (Å²) in [4.78, 5) is 24.9. The van der Waals surface area contributed by atoms with E-state index in [9.17, 15) is 14.7 Å². The number of anilines is 1. The summed E-state index contributed by atoms with van der Waals surface area (Å²) < 4.78 is 0. The summed E-state index contributed by atoms with van der Waals surface area (Å²) in [5.74, 6) is -0.337. The van der Waals surface area contributed by atoms with Crippen LogP contribution in [0.15, 0.2) is 30.5 Å². The lowest BCUT2D eigenvalue weighted by atomic mass is 9.93. The van der Waals surface area contributed by atoms with Crippen molar-refractivity contribution in [3.8, 4) is 0 Å². The minimum Gasteiger partial charge on any atom is -0.392 e. The second kappa shape index (κ2) is 4.96. The fraction of sp³-hybridized carbons (Fsp3) is 0.286. The van der Waals surface area contributed by atoms with Gasteiger partial charge < -0.3 is 15.3 Å². The van der Waals surface area contributed by atoms with E-state index in [4.69, 9.17) is 0 Å². The molecule has 2 aliphatic heterocycles. The van der Waals surface area contributed by atoms with E-state index in [0.29, 0.717) is 6.41 Å². The van der Waals surface area contributed by atoms with Crippen LogP contribution in [-0.2, 0) is 9.59 Å². The molecule has 1 fully saturated rings. The molecular formula is C14H14N2O3S. The van der Waals surface area contributed by atoms with E-state index in [1.54, 1.807) is 23.6 Å². The Labute approximate surface area is 120 Å². The van der Waals surface area contributed by atoms with E-state index in [1.165, 1.54) is 0 Å². The number of hydrogen-bond donors (Lipinski definition) is 2. The SMILES string of the molecule is CC(O)C1C(=O)N2C=C(c3ccc(NC=O)cc3)SC12. The maximum Gasteiger partial charge on any atom is 0.236 e. The molecule has 2 N–H and O–H groups in total. The molecule has 0 radical (unpaired) electrons. The Balaban J connectivity index is 1.77. The smallest absolute Gasteiger partial charge is 0.236 e. The summed E-state index contributed by atoms with van der Waals surface area (Å²) in [6.07, 6.45) is 1.85. The van der Waals surface area contributed by atoms with Gasteiger partial charge in [0.25, 0.3) is 0 Å². The van der Waals surface area contributed by atoms with Crippen molar-refractivity contribution in [2.45, 2.75) is 18.4 Å². The average Bonchev–Trinajstić information content (AvgIpc) is 2.79. The monoisotopic (exact) mass is 290 g/mol. The van der Waals surface area contributed by atoms with Crippen LogP contribution in [0.3, 0.4) is 0 Å². The van der Waals surface area contributed by atoms with Crippen LogP contribution >= 0.6 is 11.8 Å². The zero-order valence-electron chi connectivity index (χ0n) is 10.8. The van der Waals surface area contributed by atoms with E-state index in [1.807, 2.05) is 30.5 Å². The molecule has 3 rings (SSSR count). The van der Waals surface area contributed by atoms with Gasteiger partial charge in [0, 0.05) is 16.8 Å². The van der Waals surface area contributed by atoms with E-state index in [2.05, 4.69) is 5.32 Å². The van der Waals surface area contributed by atoms with Crippen LogP contribution in [0.5, 0.6) is 0 Å². The second-order valence-corrected chi connectivity index (χ2v) is 6.01. The van der Waals surface area contributed by atoms with Crippen molar-refractivity contribution in [2.75, 3.05) is 5.32 Å². The normalized spacial score (nSPS) is 25.6. The molecule has 3 unspecified atom stereocenters. The lowest BCUT2D eigenvalue weighted by Gasteiger charge is -2.42. The second-order valence-electron chi connectivity index (χ2n) is 4.85. The van der Waals surface area contributed by atoms with Gasteiger partial charge in [-0.05, 0) is 24.6 Å². The molecule has 1 saturated heterocycles. The number of nitrogens with zero attached hydrogens (tertiary/aromatic N) is 1. The first kappa shape index (κ1) is 13.2. The maximum atomic E-state index is 11.9. The molecular weight excluding hydrogens is 276 g/mol. The van der Waals surface area contributed by atoms with Crippen LogP contribution in [0, 0.1) is 5.92 Å². The van der Waals surface area contributed by atoms with E-state index in [0.717, 1.165) is 16.2 Å². The quantitative estimate of drug-likeness (QED) is 0.651. The molecule has 1 aromatic rings. The summed E-state index contributed by atoms with van der Waals surface area (Å²) >= 11 is 1.59. The van der Waals surface area contributed by atoms with Crippen LogP contribution in [0.4, 0.5) is 5.69 Å². The minimum absolute atomic E-state index is 0.00489. The highest BCUT2D eigenvalue weighted by Gasteiger charge is 2.52. The number of thioether (sulfide) groups is 1. The number of aliphatic hydroxyl groups is 1. The van der Waals surface area contributed by atoms with Crippen LogP contribution in [0.25, 0.3) is 4.91 Å². The Morgan fingerprint density at radius 2 is 2.10 bits per heavy atom. The molecule has 3 atom stereocenters. The van der Waals surface area contributed by atoms with Gasteiger partial charge in [0.15, 0.2) is 0 Å². The molecule has 6 heteroatoms. The number of benzene rings is 1. The topological polar surface area (TPSA) is 69.6 Å². The van der Waals surface area contributed by atoms with Crippen molar-refractivity contribution in [3.63, 3.8) is 0 Å². The number of carbonyl (C=O) groups is 2. The third-order valence-corrected chi connectivity index (χ3v) is 4.90. The standard InChI is InChI=1S/C14H14N2O3S/c1-8(18)12-13(19)16-6-11(20-14(12)16)9-2-4-10(5-3-9)15-7-17/h2-8,12,14,18H,1H3,(H,15,17). The Bertz CT molecular complexity index is 583. The number of hydrogen-bond acceptors (Lipinski definition) is 4. The van der Waals surface area contributed by atoms with Crippen molar-refractivity contribution in [2.24, 2.45) is 5.92 Å². The predicted octanol–water partition coefficient (Wildman–Crippen LogP) is 1.47. The fourth-order valence-corrected chi connectivity index (χ4v) is 3.93. The number of amides is 2. The lowest BCUT2D eigenvalue weighted by molar-refractivity contribution is -0.151. The Kier molecular flexibility index (Phi) is 3.27. The predicted molar refractivity (Wildman–Crippen MR) is 77.5 cm³/mol. The number of β-lactam (4-membered cyclic amide) rings is 1. The third-order valence-electron chi connectivity index (χ3n) is 3.54. The fourth-order valence-electron chi connectivity index (χ4n) is 2.45. The minimum atomic E-state index is -0.622. The zero-order chi connectivity index (χ0) is 14.3. The van der Waals surface area contributed by atoms with Crippen molar-refractivity contribution in [1.82, 2.24) is 4.90 Å². The van der Waals surface area contributed by atoms with Crippen molar-refractivity contribution >= 4 is 34.7 Å². The van der Waals surface area contributed by atoms with E-state index >= 15 is 0 Å². The summed E-state index contributed by atoms with van der Waals surface area (Å²) in [6.45, 7) is 1.65. The molecule has 0 bridgehead atoms. The number of carbonyl (C=O) groups excluding carboxylic acids is 2. The largest absolute Gasteiger partial charge is 0.392 e. The summed E-state index contributed by atoms with van der Waals surface area (Å²) in [7, 11) is 0.